The van der Waals surface area contributed by atoms with Gasteiger partial charge in [-0.15, -0.1) is 0 Å². The molecule has 0 aliphatic rings. The molecule has 0 aromatic heterocycles. The maximum atomic E-state index is 10.2. The summed E-state index contributed by atoms with van der Waals surface area (Å²) in [6.45, 7) is 25.3. The molecule has 0 spiro atoms. The Bertz CT molecular complexity index is 3040. The monoisotopic (exact) mass is 1410 g/mol. The molecule has 0 fully saturated rings. The Morgan fingerprint density at radius 2 is 0.437 bits per heavy atom. The third-order valence-corrected chi connectivity index (χ3v) is 22.8. The van der Waals surface area contributed by atoms with Crippen LogP contribution >= 0.6 is 0 Å². The minimum Gasteiger partial charge on any atom is -0.423 e. The van der Waals surface area contributed by atoms with Gasteiger partial charge >= 0.3 is 7.12 Å². The molecule has 2 N–H and O–H groups in total. The van der Waals surface area contributed by atoms with E-state index in [1.165, 1.54) is 314 Å². The Labute approximate surface area is 634 Å². The van der Waals surface area contributed by atoms with E-state index in [4.69, 9.17) is 0 Å². The number of hydrogen-bond acceptors (Lipinski definition) is 2. The highest BCUT2D eigenvalue weighted by Gasteiger charge is 2.23. The zero-order valence-electron chi connectivity index (χ0n) is 67.6. The van der Waals surface area contributed by atoms with Gasteiger partial charge in [0.05, 0.1) is 8.07 Å². The maximum absolute atomic E-state index is 10.2. The first-order valence-corrected chi connectivity index (χ1v) is 45.9. The van der Waals surface area contributed by atoms with Crippen molar-refractivity contribution >= 4 is 25.8 Å². The highest BCUT2D eigenvalue weighted by molar-refractivity contribution is 6.88. The van der Waals surface area contributed by atoms with Crippen LogP contribution in [0.5, 0.6) is 0 Å². The van der Waals surface area contributed by atoms with E-state index in [9.17, 15) is 10.0 Å². The van der Waals surface area contributed by atoms with Crippen molar-refractivity contribution in [1.82, 2.24) is 0 Å². The van der Waals surface area contributed by atoms with Crippen molar-refractivity contribution in [3.63, 3.8) is 0 Å². The second kappa shape index (κ2) is 53.7. The van der Waals surface area contributed by atoms with Crippen LogP contribution in [-0.2, 0) is 51.4 Å². The summed E-state index contributed by atoms with van der Waals surface area (Å²) in [7, 11) is -2.72. The molecular weight excluding hydrogens is 1260 g/mol. The lowest BCUT2D eigenvalue weighted by molar-refractivity contribution is 0.424. The van der Waals surface area contributed by atoms with E-state index in [1.54, 1.807) is 0 Å². The summed E-state index contributed by atoms with van der Waals surface area (Å²) in [5, 5.41) is 21.9. The van der Waals surface area contributed by atoms with E-state index in [0.717, 1.165) is 42.3 Å². The molecule has 0 saturated heterocycles. The molecule has 0 aliphatic heterocycles. The van der Waals surface area contributed by atoms with Gasteiger partial charge in [0.2, 0.25) is 0 Å². The van der Waals surface area contributed by atoms with Crippen LogP contribution in [0.4, 0.5) is 0 Å². The normalized spacial score (nSPS) is 11.2. The predicted octanol–water partition coefficient (Wildman–Crippen LogP) is 28.6. The Hall–Kier alpha value is -6.04. The van der Waals surface area contributed by atoms with Gasteiger partial charge in [0, 0.05) is 0 Å². The number of hydrogen-bond donors (Lipinski definition) is 2. The van der Waals surface area contributed by atoms with E-state index < -0.39 is 15.2 Å². The van der Waals surface area contributed by atoms with Gasteiger partial charge < -0.3 is 10.0 Å². The first kappa shape index (κ1) is 87.6. The Balaban J connectivity index is 0.000000249. The quantitative estimate of drug-likeness (QED) is 0.0295. The zero-order valence-corrected chi connectivity index (χ0v) is 68.6. The minimum absolute atomic E-state index is 0.760. The molecular formula is C99H145BO2Si. The lowest BCUT2D eigenvalue weighted by atomic mass is 9.71. The number of benzene rings is 8. The van der Waals surface area contributed by atoms with Crippen LogP contribution in [0, 0.1) is 0 Å². The highest BCUT2D eigenvalue weighted by atomic mass is 28.3. The summed E-state index contributed by atoms with van der Waals surface area (Å²) in [5.41, 5.74) is 22.8. The van der Waals surface area contributed by atoms with E-state index >= 15 is 0 Å². The van der Waals surface area contributed by atoms with Gasteiger partial charge in [-0.1, -0.05) is 416 Å². The molecule has 0 heterocycles. The lowest BCUT2D eigenvalue weighted by Gasteiger charge is -2.19. The summed E-state index contributed by atoms with van der Waals surface area (Å²) < 4.78 is 0. The van der Waals surface area contributed by atoms with Crippen LogP contribution in [-0.4, -0.2) is 25.2 Å². The van der Waals surface area contributed by atoms with Gasteiger partial charge in [-0.3, -0.25) is 0 Å². The number of unbranched alkanes of at least 4 members (excludes halogenated alkanes) is 24. The molecule has 0 bridgehead atoms. The first-order valence-electron chi connectivity index (χ1n) is 42.4. The van der Waals surface area contributed by atoms with Crippen LogP contribution in [0.25, 0.3) is 44.5 Å². The summed E-state index contributed by atoms with van der Waals surface area (Å²) in [4.78, 5) is 0. The largest absolute Gasteiger partial charge is 0.488 e. The third kappa shape index (κ3) is 35.7. The number of aryl methyl sites for hydroxylation is 8. The molecule has 0 saturated carbocycles. The summed E-state index contributed by atoms with van der Waals surface area (Å²) in [6.07, 6.45) is 50.8. The minimum atomic E-state index is -1.40. The van der Waals surface area contributed by atoms with Crippen LogP contribution < -0.4 is 10.6 Å². The van der Waals surface area contributed by atoms with Gasteiger partial charge in [-0.2, -0.15) is 0 Å². The van der Waals surface area contributed by atoms with Gasteiger partial charge in [0.1, 0.15) is 0 Å². The van der Waals surface area contributed by atoms with Crippen molar-refractivity contribution in [3.8, 4) is 44.5 Å². The van der Waals surface area contributed by atoms with Crippen LogP contribution in [0.3, 0.4) is 0 Å². The van der Waals surface area contributed by atoms with Crippen molar-refractivity contribution in [2.45, 2.75) is 332 Å². The molecule has 8 aromatic rings. The molecule has 8 rings (SSSR count). The predicted molar refractivity (Wildman–Crippen MR) is 463 cm³/mol. The van der Waals surface area contributed by atoms with E-state index in [1.807, 2.05) is 0 Å². The number of rotatable bonds is 46. The maximum Gasteiger partial charge on any atom is 0.488 e. The Kier molecular flexibility index (Phi) is 45.7. The molecule has 103 heavy (non-hydrogen) atoms. The van der Waals surface area contributed by atoms with Crippen LogP contribution in [0.15, 0.2) is 182 Å². The smallest absolute Gasteiger partial charge is 0.423 e. The molecule has 0 radical (unpaired) electrons. The summed E-state index contributed by atoms with van der Waals surface area (Å²) >= 11 is 0. The van der Waals surface area contributed by atoms with Gasteiger partial charge in [0.25, 0.3) is 0 Å². The average Bonchev–Trinajstić information content (AvgIpc) is 0.799. The Morgan fingerprint density at radius 3 is 0.650 bits per heavy atom. The summed E-state index contributed by atoms with van der Waals surface area (Å²) in [6, 6.07) is 67.9. The highest BCUT2D eigenvalue weighted by Crippen LogP contribution is 2.30. The molecule has 4 heteroatoms. The fourth-order valence-corrected chi connectivity index (χ4v) is 15.6. The second-order valence-corrected chi connectivity index (χ2v) is 36.2. The fourth-order valence-electron chi connectivity index (χ4n) is 14.4. The zero-order chi connectivity index (χ0) is 74.0. The van der Waals surface area contributed by atoms with E-state index in [2.05, 4.69) is 257 Å². The van der Waals surface area contributed by atoms with E-state index in [-0.39, 0.29) is 0 Å². The van der Waals surface area contributed by atoms with Crippen LogP contribution in [0.2, 0.25) is 19.6 Å². The fraction of sp³-hybridized carbons (Fsp3) is 0.515. The van der Waals surface area contributed by atoms with Crippen LogP contribution in [0.1, 0.15) is 305 Å². The topological polar surface area (TPSA) is 40.5 Å². The van der Waals surface area contributed by atoms with E-state index in [0.29, 0.717) is 0 Å². The van der Waals surface area contributed by atoms with Gasteiger partial charge in [0.15, 0.2) is 0 Å². The first-order chi connectivity index (χ1) is 50.3. The Morgan fingerprint density at radius 1 is 0.223 bits per heavy atom. The molecule has 0 amide bonds. The lowest BCUT2D eigenvalue weighted by Crippen LogP contribution is -2.37. The molecule has 0 unspecified atom stereocenters. The van der Waals surface area contributed by atoms with Crippen molar-refractivity contribution in [2.24, 2.45) is 0 Å². The van der Waals surface area contributed by atoms with Crippen molar-refractivity contribution in [1.29, 1.82) is 0 Å². The third-order valence-electron chi connectivity index (χ3n) is 20.7. The second-order valence-electron chi connectivity index (χ2n) is 31.1. The molecule has 560 valence electrons. The van der Waals surface area contributed by atoms with Gasteiger partial charge in [-0.05, 0) is 197 Å². The van der Waals surface area contributed by atoms with Crippen molar-refractivity contribution < 1.29 is 10.0 Å². The molecule has 0 aliphatic carbocycles. The van der Waals surface area contributed by atoms with Crippen molar-refractivity contribution in [2.75, 3.05) is 0 Å². The summed E-state index contributed by atoms with van der Waals surface area (Å²) in [5.74, 6) is 0. The standard InChI is InChI=1S/C27H43BO2Si.3C24H34/c1-6-8-10-12-14-23-20-25(22-16-18-26(19-17-22)31(3,4)5)21-24(27(23)28(29)30)15-13-11-9-7-2;3*1-3-5-7-10-14-21-18-22(15-11-8-6-4-2)20-24(19-21)23-16-12-9-13-17-23/h16-21,29-30H,6-15H2,1-5H3;3*9,12-13,16-20H,3-8,10-11,14-15H2,1-2H3. The molecule has 2 nitrogen and oxygen atoms in total. The van der Waals surface area contributed by atoms with Gasteiger partial charge in [-0.25, -0.2) is 0 Å². The molecule has 8 aromatic carbocycles. The SMILES string of the molecule is CCCCCCc1cc(-c2ccc([Si](C)(C)C)cc2)cc(CCCCCC)c1B(O)O.CCCCCCc1cc(CCCCCC)cc(-c2ccccc2)c1.CCCCCCc1cc(CCCCCC)cc(-c2ccccc2)c1.CCCCCCc1cc(CCCCCC)cc(-c2ccccc2)c1. The molecule has 0 atom stereocenters. The van der Waals surface area contributed by atoms with Crippen molar-refractivity contribution in [3.05, 3.63) is 226 Å². The average molecular weight is 1410 g/mol.